The highest BCUT2D eigenvalue weighted by molar-refractivity contribution is 7.91. The number of thiazole rings is 1. The van der Waals surface area contributed by atoms with E-state index in [0.29, 0.717) is 21.4 Å². The number of aryl methyl sites for hydroxylation is 1. The Morgan fingerprint density at radius 1 is 1.21 bits per heavy atom. The predicted octanol–water partition coefficient (Wildman–Crippen LogP) is 4.46. The molecular weight excluding hydrogens is 420 g/mol. The predicted molar refractivity (Wildman–Crippen MR) is 112 cm³/mol. The number of nitrogens with zero attached hydrogens (tertiary/aromatic N) is 1. The Balaban J connectivity index is 1.61. The van der Waals surface area contributed by atoms with Crippen LogP contribution < -0.4 is 10.1 Å². The zero-order chi connectivity index (χ0) is 20.3. The number of nitrogens with one attached hydrogen (secondary N) is 1. The van der Waals surface area contributed by atoms with Crippen LogP contribution in [0.3, 0.4) is 0 Å². The van der Waals surface area contributed by atoms with Crippen molar-refractivity contribution in [2.75, 3.05) is 18.2 Å². The lowest BCUT2D eigenvalue weighted by atomic mass is 10.2. The average Bonchev–Trinajstić information content (AvgIpc) is 3.06. The molecule has 148 valence electrons. The van der Waals surface area contributed by atoms with Gasteiger partial charge in [-0.15, -0.1) is 0 Å². The van der Waals surface area contributed by atoms with Gasteiger partial charge in [-0.25, -0.2) is 13.4 Å². The van der Waals surface area contributed by atoms with Crippen LogP contribution in [0.1, 0.15) is 18.4 Å². The number of aromatic nitrogens is 1. The van der Waals surface area contributed by atoms with E-state index in [1.54, 1.807) is 36.4 Å². The molecule has 0 aliphatic heterocycles. The summed E-state index contributed by atoms with van der Waals surface area (Å²) in [6, 6.07) is 10.1. The van der Waals surface area contributed by atoms with Gasteiger partial charge >= 0.3 is 0 Å². The van der Waals surface area contributed by atoms with Gasteiger partial charge in [-0.1, -0.05) is 40.6 Å². The largest absolute Gasteiger partial charge is 0.494 e. The molecule has 0 fully saturated rings. The number of halogens is 1. The summed E-state index contributed by atoms with van der Waals surface area (Å²) in [5.74, 6) is 0.178. The minimum absolute atomic E-state index is 0.0753. The fourth-order valence-electron chi connectivity index (χ4n) is 2.64. The zero-order valence-electron chi connectivity index (χ0n) is 15.4. The van der Waals surface area contributed by atoms with Crippen LogP contribution in [0.2, 0.25) is 5.02 Å². The first-order valence-electron chi connectivity index (χ1n) is 8.52. The zero-order valence-corrected chi connectivity index (χ0v) is 17.7. The molecular formula is C19H19ClN2O4S2. The van der Waals surface area contributed by atoms with Crippen LogP contribution in [0.15, 0.2) is 41.3 Å². The number of carbonyl (C=O) groups excluding carboxylic acids is 1. The lowest BCUT2D eigenvalue weighted by Gasteiger charge is -2.05. The first-order chi connectivity index (χ1) is 13.3. The maximum Gasteiger partial charge on any atom is 0.226 e. The monoisotopic (exact) mass is 438 g/mol. The van der Waals surface area contributed by atoms with Crippen molar-refractivity contribution < 1.29 is 17.9 Å². The van der Waals surface area contributed by atoms with Gasteiger partial charge in [0.15, 0.2) is 15.0 Å². The summed E-state index contributed by atoms with van der Waals surface area (Å²) in [6.07, 6.45) is 0.295. The van der Waals surface area contributed by atoms with Crippen molar-refractivity contribution in [3.05, 3.63) is 47.0 Å². The minimum Gasteiger partial charge on any atom is -0.494 e. The molecule has 1 aromatic heterocycles. The van der Waals surface area contributed by atoms with E-state index in [1.165, 1.54) is 18.4 Å². The number of carbonyl (C=O) groups is 1. The Bertz CT molecular complexity index is 1110. The van der Waals surface area contributed by atoms with Crippen LogP contribution in [0.25, 0.3) is 10.2 Å². The van der Waals surface area contributed by atoms with Crippen molar-refractivity contribution in [3.63, 3.8) is 0 Å². The van der Waals surface area contributed by atoms with Crippen molar-refractivity contribution >= 4 is 54.0 Å². The molecule has 0 radical (unpaired) electrons. The number of hydrogen-bond donors (Lipinski definition) is 1. The highest BCUT2D eigenvalue weighted by Gasteiger charge is 2.17. The third-order valence-corrected chi connectivity index (χ3v) is 7.37. The third-order valence-electron chi connectivity index (χ3n) is 4.12. The number of anilines is 1. The lowest BCUT2D eigenvalue weighted by molar-refractivity contribution is -0.116. The Morgan fingerprint density at radius 2 is 1.93 bits per heavy atom. The van der Waals surface area contributed by atoms with Gasteiger partial charge < -0.3 is 10.1 Å². The van der Waals surface area contributed by atoms with Gasteiger partial charge in [0.05, 0.1) is 27.5 Å². The maximum atomic E-state index is 12.3. The van der Waals surface area contributed by atoms with Gasteiger partial charge in [0.2, 0.25) is 5.91 Å². The molecule has 0 unspecified atom stereocenters. The molecule has 0 saturated carbocycles. The standard InChI is InChI=1S/C19H19ClN2O4S2/c1-12-5-7-13(8-6-12)28(24,25)11-3-4-16(23)21-19-22-17-15(26-2)10-9-14(20)18(17)27-19/h5-10H,3-4,11H2,1-2H3,(H,21,22,23). The van der Waals surface area contributed by atoms with E-state index >= 15 is 0 Å². The summed E-state index contributed by atoms with van der Waals surface area (Å²) in [5, 5.41) is 3.62. The third kappa shape index (κ3) is 4.63. The number of hydrogen-bond acceptors (Lipinski definition) is 6. The number of amides is 1. The van der Waals surface area contributed by atoms with Crippen molar-refractivity contribution in [1.82, 2.24) is 4.98 Å². The molecule has 0 saturated heterocycles. The summed E-state index contributed by atoms with van der Waals surface area (Å²) >= 11 is 7.42. The molecule has 1 amide bonds. The van der Waals surface area contributed by atoms with Crippen molar-refractivity contribution in [2.24, 2.45) is 0 Å². The number of methoxy groups -OCH3 is 1. The average molecular weight is 439 g/mol. The summed E-state index contributed by atoms with van der Waals surface area (Å²) in [6.45, 7) is 1.89. The van der Waals surface area contributed by atoms with E-state index in [0.717, 1.165) is 10.3 Å². The quantitative estimate of drug-likeness (QED) is 0.588. The van der Waals surface area contributed by atoms with Crippen LogP contribution >= 0.6 is 22.9 Å². The first kappa shape index (κ1) is 20.6. The maximum absolute atomic E-state index is 12.3. The van der Waals surface area contributed by atoms with Crippen LogP contribution in [0, 0.1) is 6.92 Å². The van der Waals surface area contributed by atoms with Crippen molar-refractivity contribution in [1.29, 1.82) is 0 Å². The molecule has 1 heterocycles. The topological polar surface area (TPSA) is 85.4 Å². The molecule has 3 rings (SSSR count). The van der Waals surface area contributed by atoms with E-state index in [-0.39, 0.29) is 29.4 Å². The number of benzene rings is 2. The molecule has 0 atom stereocenters. The van der Waals surface area contributed by atoms with Gasteiger partial charge in [0.25, 0.3) is 0 Å². The molecule has 2 aromatic carbocycles. The van der Waals surface area contributed by atoms with Crippen molar-refractivity contribution in [3.8, 4) is 5.75 Å². The van der Waals surface area contributed by atoms with Gasteiger partial charge in [0.1, 0.15) is 11.3 Å². The van der Waals surface area contributed by atoms with E-state index < -0.39 is 9.84 Å². The van der Waals surface area contributed by atoms with Gasteiger partial charge in [0, 0.05) is 6.42 Å². The molecule has 9 heteroatoms. The Hall–Kier alpha value is -2.16. The highest BCUT2D eigenvalue weighted by atomic mass is 35.5. The van der Waals surface area contributed by atoms with E-state index in [2.05, 4.69) is 10.3 Å². The first-order valence-corrected chi connectivity index (χ1v) is 11.4. The second-order valence-electron chi connectivity index (χ2n) is 6.23. The van der Waals surface area contributed by atoms with E-state index in [4.69, 9.17) is 16.3 Å². The molecule has 6 nitrogen and oxygen atoms in total. The van der Waals surface area contributed by atoms with E-state index in [9.17, 15) is 13.2 Å². The number of sulfone groups is 1. The molecule has 0 spiro atoms. The summed E-state index contributed by atoms with van der Waals surface area (Å²) in [7, 11) is -1.87. The number of fused-ring (bicyclic) bond motifs is 1. The second kappa shape index (κ2) is 8.46. The summed E-state index contributed by atoms with van der Waals surface area (Å²) < 4.78 is 30.7. The van der Waals surface area contributed by atoms with Crippen LogP contribution in [-0.2, 0) is 14.6 Å². The van der Waals surface area contributed by atoms with Crippen LogP contribution in [0.5, 0.6) is 5.75 Å². The fraction of sp³-hybridized carbons (Fsp3) is 0.263. The second-order valence-corrected chi connectivity index (χ2v) is 9.75. The van der Waals surface area contributed by atoms with Crippen molar-refractivity contribution in [2.45, 2.75) is 24.7 Å². The molecule has 3 aromatic rings. The Kier molecular flexibility index (Phi) is 6.22. The molecule has 0 aliphatic rings. The smallest absolute Gasteiger partial charge is 0.226 e. The van der Waals surface area contributed by atoms with Gasteiger partial charge in [-0.3, -0.25) is 4.79 Å². The molecule has 1 N–H and O–H groups in total. The lowest BCUT2D eigenvalue weighted by Crippen LogP contribution is -2.14. The molecule has 0 bridgehead atoms. The highest BCUT2D eigenvalue weighted by Crippen LogP contribution is 2.37. The van der Waals surface area contributed by atoms with E-state index in [1.807, 2.05) is 6.92 Å². The van der Waals surface area contributed by atoms with Crippen LogP contribution in [0.4, 0.5) is 5.13 Å². The van der Waals surface area contributed by atoms with Gasteiger partial charge in [-0.05, 0) is 37.6 Å². The molecule has 28 heavy (non-hydrogen) atoms. The van der Waals surface area contributed by atoms with Gasteiger partial charge in [-0.2, -0.15) is 0 Å². The Morgan fingerprint density at radius 3 is 2.61 bits per heavy atom. The SMILES string of the molecule is COc1ccc(Cl)c2sc(NC(=O)CCCS(=O)(=O)c3ccc(C)cc3)nc12. The number of ether oxygens (including phenoxy) is 1. The number of rotatable bonds is 7. The molecule has 0 aliphatic carbocycles. The minimum atomic E-state index is -3.41. The van der Waals surface area contributed by atoms with Crippen LogP contribution in [-0.4, -0.2) is 32.2 Å². The fourth-order valence-corrected chi connectivity index (χ4v) is 5.12. The normalized spacial score (nSPS) is 11.5. The Labute approximate surface area is 172 Å². The summed E-state index contributed by atoms with van der Waals surface area (Å²) in [5.41, 5.74) is 1.57. The summed E-state index contributed by atoms with van der Waals surface area (Å²) in [4.78, 5) is 16.8.